The lowest BCUT2D eigenvalue weighted by atomic mass is 10.2. The van der Waals surface area contributed by atoms with Crippen molar-refractivity contribution in [2.45, 2.75) is 19.3 Å². The molecule has 0 fully saturated rings. The molecule has 1 aromatic rings. The van der Waals surface area contributed by atoms with Crippen LogP contribution in [0.5, 0.6) is 5.75 Å². The van der Waals surface area contributed by atoms with Crippen molar-refractivity contribution in [1.82, 2.24) is 5.43 Å². The van der Waals surface area contributed by atoms with Crippen LogP contribution < -0.4 is 16.0 Å². The van der Waals surface area contributed by atoms with E-state index in [1.165, 1.54) is 0 Å². The van der Waals surface area contributed by atoms with Crippen molar-refractivity contribution >= 4 is 5.91 Å². The van der Waals surface area contributed by atoms with E-state index in [1.807, 2.05) is 6.07 Å². The molecule has 1 rings (SSSR count). The van der Waals surface area contributed by atoms with Crippen LogP contribution in [0.1, 0.15) is 24.8 Å². The zero-order valence-electron chi connectivity index (χ0n) is 9.48. The molecule has 0 aliphatic carbocycles. The van der Waals surface area contributed by atoms with Crippen LogP contribution in [0.25, 0.3) is 0 Å². The van der Waals surface area contributed by atoms with Crippen LogP contribution in [0.15, 0.2) is 24.3 Å². The van der Waals surface area contributed by atoms with E-state index in [0.717, 1.165) is 12.8 Å². The molecule has 0 spiro atoms. The average Bonchev–Trinajstić information content (AvgIpc) is 2.38. The Morgan fingerprint density at radius 3 is 3.00 bits per heavy atom. The number of carbonyl (C=O) groups excluding carboxylic acids is 1. The minimum atomic E-state index is -0.170. The molecular weight excluding hydrogens is 218 g/mol. The third-order valence-electron chi connectivity index (χ3n) is 2.19. The predicted octanol–water partition coefficient (Wildman–Crippen LogP) is 1.10. The van der Waals surface area contributed by atoms with Crippen molar-refractivity contribution < 1.29 is 9.53 Å². The molecular formula is C12H15N3O2. The van der Waals surface area contributed by atoms with Crippen molar-refractivity contribution in [3.8, 4) is 11.8 Å². The van der Waals surface area contributed by atoms with Crippen molar-refractivity contribution in [3.05, 3.63) is 29.8 Å². The van der Waals surface area contributed by atoms with Crippen LogP contribution in [0.3, 0.4) is 0 Å². The second kappa shape index (κ2) is 7.25. The molecule has 0 saturated carbocycles. The summed E-state index contributed by atoms with van der Waals surface area (Å²) in [6, 6.07) is 9.03. The maximum atomic E-state index is 10.8. The van der Waals surface area contributed by atoms with Gasteiger partial charge in [0.05, 0.1) is 18.2 Å². The van der Waals surface area contributed by atoms with Gasteiger partial charge < -0.3 is 4.74 Å². The number of hydrogen-bond donors (Lipinski definition) is 2. The summed E-state index contributed by atoms with van der Waals surface area (Å²) in [5.41, 5.74) is 2.65. The second-order valence-electron chi connectivity index (χ2n) is 3.51. The Balaban J connectivity index is 2.22. The van der Waals surface area contributed by atoms with E-state index >= 15 is 0 Å². The Labute approximate surface area is 100 Å². The SMILES string of the molecule is N#Cc1cccc(OCCCCC(=O)NN)c1. The molecule has 1 aromatic carbocycles. The summed E-state index contributed by atoms with van der Waals surface area (Å²) >= 11 is 0. The van der Waals surface area contributed by atoms with E-state index in [1.54, 1.807) is 24.3 Å². The number of benzene rings is 1. The molecule has 0 bridgehead atoms. The largest absolute Gasteiger partial charge is 0.494 e. The van der Waals surface area contributed by atoms with Gasteiger partial charge in [0.15, 0.2) is 0 Å². The highest BCUT2D eigenvalue weighted by Crippen LogP contribution is 2.13. The van der Waals surface area contributed by atoms with Crippen LogP contribution in [0.4, 0.5) is 0 Å². The van der Waals surface area contributed by atoms with Gasteiger partial charge in [0.2, 0.25) is 5.91 Å². The third-order valence-corrected chi connectivity index (χ3v) is 2.19. The molecule has 5 nitrogen and oxygen atoms in total. The van der Waals surface area contributed by atoms with Crippen molar-refractivity contribution in [2.75, 3.05) is 6.61 Å². The molecule has 5 heteroatoms. The number of hydrazine groups is 1. The van der Waals surface area contributed by atoms with E-state index in [0.29, 0.717) is 24.3 Å². The molecule has 0 heterocycles. The normalized spacial score (nSPS) is 9.41. The van der Waals surface area contributed by atoms with Gasteiger partial charge in [0.1, 0.15) is 5.75 Å². The van der Waals surface area contributed by atoms with Crippen LogP contribution >= 0.6 is 0 Å². The summed E-state index contributed by atoms with van der Waals surface area (Å²) in [6.07, 6.45) is 1.89. The summed E-state index contributed by atoms with van der Waals surface area (Å²) in [5.74, 6) is 5.45. The molecule has 0 unspecified atom stereocenters. The summed E-state index contributed by atoms with van der Waals surface area (Å²) < 4.78 is 5.45. The van der Waals surface area contributed by atoms with Gasteiger partial charge in [0, 0.05) is 6.42 Å². The molecule has 0 saturated heterocycles. The van der Waals surface area contributed by atoms with Gasteiger partial charge in [-0.15, -0.1) is 0 Å². The number of nitrogens with zero attached hydrogens (tertiary/aromatic N) is 1. The Morgan fingerprint density at radius 1 is 1.47 bits per heavy atom. The highest BCUT2D eigenvalue weighted by molar-refractivity contribution is 5.75. The fourth-order valence-electron chi connectivity index (χ4n) is 1.31. The van der Waals surface area contributed by atoms with Gasteiger partial charge in [0.25, 0.3) is 0 Å². The van der Waals surface area contributed by atoms with E-state index in [4.69, 9.17) is 15.8 Å². The van der Waals surface area contributed by atoms with Crippen LogP contribution in [0, 0.1) is 11.3 Å². The molecule has 0 radical (unpaired) electrons. The predicted molar refractivity (Wildman–Crippen MR) is 62.8 cm³/mol. The monoisotopic (exact) mass is 233 g/mol. The van der Waals surface area contributed by atoms with E-state index < -0.39 is 0 Å². The molecule has 90 valence electrons. The lowest BCUT2D eigenvalue weighted by molar-refractivity contribution is -0.121. The zero-order valence-corrected chi connectivity index (χ0v) is 9.48. The smallest absolute Gasteiger partial charge is 0.233 e. The summed E-state index contributed by atoms with van der Waals surface area (Å²) in [4.78, 5) is 10.8. The standard InChI is InChI=1S/C12H15N3O2/c13-9-10-4-3-5-11(8-10)17-7-2-1-6-12(16)15-14/h3-5,8H,1-2,6-7,14H2,(H,15,16). The third kappa shape index (κ3) is 5.00. The molecule has 3 N–H and O–H groups in total. The van der Waals surface area contributed by atoms with Crippen molar-refractivity contribution in [2.24, 2.45) is 5.84 Å². The first-order valence-corrected chi connectivity index (χ1v) is 5.38. The number of nitrogens with one attached hydrogen (secondary N) is 1. The number of ether oxygens (including phenoxy) is 1. The number of nitrogens with two attached hydrogens (primary N) is 1. The van der Waals surface area contributed by atoms with E-state index in [-0.39, 0.29) is 5.91 Å². The highest BCUT2D eigenvalue weighted by Gasteiger charge is 1.99. The first kappa shape index (κ1) is 13.0. The van der Waals surface area contributed by atoms with Gasteiger partial charge in [-0.2, -0.15) is 5.26 Å². The molecule has 1 amide bonds. The number of hydrogen-bond acceptors (Lipinski definition) is 4. The van der Waals surface area contributed by atoms with Crippen LogP contribution in [0.2, 0.25) is 0 Å². The Kier molecular flexibility index (Phi) is 5.55. The topological polar surface area (TPSA) is 88.1 Å². The van der Waals surface area contributed by atoms with Crippen LogP contribution in [-0.4, -0.2) is 12.5 Å². The number of amides is 1. The van der Waals surface area contributed by atoms with Gasteiger partial charge in [-0.3, -0.25) is 10.2 Å². The summed E-state index contributed by atoms with van der Waals surface area (Å²) in [5, 5.41) is 8.70. The van der Waals surface area contributed by atoms with Crippen molar-refractivity contribution in [3.63, 3.8) is 0 Å². The number of nitriles is 1. The molecule has 0 aromatic heterocycles. The van der Waals surface area contributed by atoms with Gasteiger partial charge in [-0.05, 0) is 31.0 Å². The first-order chi connectivity index (χ1) is 8.26. The summed E-state index contributed by atoms with van der Waals surface area (Å²) in [6.45, 7) is 0.521. The maximum Gasteiger partial charge on any atom is 0.233 e. The number of carbonyl (C=O) groups is 1. The van der Waals surface area contributed by atoms with Crippen molar-refractivity contribution in [1.29, 1.82) is 5.26 Å². The summed E-state index contributed by atoms with van der Waals surface area (Å²) in [7, 11) is 0. The second-order valence-corrected chi connectivity index (χ2v) is 3.51. The maximum absolute atomic E-state index is 10.8. The minimum Gasteiger partial charge on any atom is -0.494 e. The Bertz CT molecular complexity index is 412. The molecule has 0 atom stereocenters. The molecule has 0 aliphatic rings. The minimum absolute atomic E-state index is 0.170. The number of unbranched alkanes of at least 4 members (excludes halogenated alkanes) is 1. The molecule has 0 aliphatic heterocycles. The van der Waals surface area contributed by atoms with Crippen LogP contribution in [-0.2, 0) is 4.79 Å². The highest BCUT2D eigenvalue weighted by atomic mass is 16.5. The van der Waals surface area contributed by atoms with Gasteiger partial charge in [-0.25, -0.2) is 5.84 Å². The first-order valence-electron chi connectivity index (χ1n) is 5.38. The Hall–Kier alpha value is -2.06. The number of rotatable bonds is 6. The lowest BCUT2D eigenvalue weighted by Gasteiger charge is -2.05. The quantitative estimate of drug-likeness (QED) is 0.333. The molecule has 17 heavy (non-hydrogen) atoms. The lowest BCUT2D eigenvalue weighted by Crippen LogP contribution is -2.29. The fraction of sp³-hybridized carbons (Fsp3) is 0.333. The van der Waals surface area contributed by atoms with Gasteiger partial charge >= 0.3 is 0 Å². The van der Waals surface area contributed by atoms with E-state index in [9.17, 15) is 4.79 Å². The Morgan fingerprint density at radius 2 is 2.29 bits per heavy atom. The average molecular weight is 233 g/mol. The fourth-order valence-corrected chi connectivity index (χ4v) is 1.31. The van der Waals surface area contributed by atoms with E-state index in [2.05, 4.69) is 5.43 Å². The zero-order chi connectivity index (χ0) is 12.5. The van der Waals surface area contributed by atoms with Gasteiger partial charge in [-0.1, -0.05) is 6.07 Å².